The number of aromatic nitrogens is 1. The van der Waals surface area contributed by atoms with Crippen LogP contribution in [0.3, 0.4) is 0 Å². The third kappa shape index (κ3) is 3.26. The number of carbonyl (C=O) groups excluding carboxylic acids is 1. The first-order chi connectivity index (χ1) is 13.4. The Morgan fingerprint density at radius 3 is 2.71 bits per heavy atom. The second kappa shape index (κ2) is 7.37. The number of hydrogen-bond acceptors (Lipinski definition) is 2. The SMILES string of the molecule is Cc1cccc(C(=O)N2CCc3c(c4cc(Br)ccc4n3CC(=O)O)C2)c1Br. The van der Waals surface area contributed by atoms with Crippen LogP contribution in [0.2, 0.25) is 0 Å². The van der Waals surface area contributed by atoms with Gasteiger partial charge in [-0.15, -0.1) is 0 Å². The molecule has 1 aromatic heterocycles. The summed E-state index contributed by atoms with van der Waals surface area (Å²) in [7, 11) is 0. The molecule has 0 bridgehead atoms. The van der Waals surface area contributed by atoms with Crippen molar-refractivity contribution in [3.63, 3.8) is 0 Å². The van der Waals surface area contributed by atoms with Crippen molar-refractivity contribution in [2.75, 3.05) is 6.54 Å². The molecule has 0 radical (unpaired) electrons. The summed E-state index contributed by atoms with van der Waals surface area (Å²) in [4.78, 5) is 26.4. The van der Waals surface area contributed by atoms with E-state index in [1.165, 1.54) is 0 Å². The lowest BCUT2D eigenvalue weighted by molar-refractivity contribution is -0.137. The van der Waals surface area contributed by atoms with E-state index in [9.17, 15) is 14.7 Å². The second-order valence-electron chi connectivity index (χ2n) is 6.98. The zero-order chi connectivity index (χ0) is 20.0. The minimum Gasteiger partial charge on any atom is -0.480 e. The van der Waals surface area contributed by atoms with Gasteiger partial charge in [-0.05, 0) is 52.7 Å². The van der Waals surface area contributed by atoms with Crippen LogP contribution in [-0.4, -0.2) is 33.0 Å². The molecule has 0 spiro atoms. The van der Waals surface area contributed by atoms with Crippen LogP contribution in [-0.2, 0) is 24.3 Å². The van der Waals surface area contributed by atoms with Crippen molar-refractivity contribution in [2.24, 2.45) is 0 Å². The van der Waals surface area contributed by atoms with Gasteiger partial charge in [0, 0.05) is 50.6 Å². The highest BCUT2D eigenvalue weighted by atomic mass is 79.9. The molecule has 0 saturated heterocycles. The van der Waals surface area contributed by atoms with Crippen LogP contribution in [0.25, 0.3) is 10.9 Å². The Labute approximate surface area is 179 Å². The third-order valence-electron chi connectivity index (χ3n) is 5.22. The maximum absolute atomic E-state index is 13.2. The van der Waals surface area contributed by atoms with E-state index in [1.807, 2.05) is 52.8 Å². The van der Waals surface area contributed by atoms with Crippen LogP contribution in [0.15, 0.2) is 45.3 Å². The number of nitrogens with zero attached hydrogens (tertiary/aromatic N) is 2. The Balaban J connectivity index is 1.77. The summed E-state index contributed by atoms with van der Waals surface area (Å²) in [5.41, 5.74) is 4.59. The van der Waals surface area contributed by atoms with E-state index in [0.717, 1.165) is 36.7 Å². The molecule has 2 heterocycles. The number of hydrogen-bond donors (Lipinski definition) is 1. The number of halogens is 2. The van der Waals surface area contributed by atoms with E-state index in [-0.39, 0.29) is 12.5 Å². The molecule has 3 aromatic rings. The molecule has 0 saturated carbocycles. The molecule has 0 atom stereocenters. The summed E-state index contributed by atoms with van der Waals surface area (Å²) < 4.78 is 3.62. The average molecular weight is 506 g/mol. The van der Waals surface area contributed by atoms with Gasteiger partial charge in [-0.25, -0.2) is 0 Å². The fourth-order valence-corrected chi connectivity index (χ4v) is 4.69. The van der Waals surface area contributed by atoms with Crippen molar-refractivity contribution < 1.29 is 14.7 Å². The zero-order valence-corrected chi connectivity index (χ0v) is 18.4. The van der Waals surface area contributed by atoms with Crippen molar-refractivity contribution in [3.05, 3.63) is 67.7 Å². The van der Waals surface area contributed by atoms with Gasteiger partial charge in [0.1, 0.15) is 6.54 Å². The molecule has 0 fully saturated rings. The third-order valence-corrected chi connectivity index (χ3v) is 6.76. The summed E-state index contributed by atoms with van der Waals surface area (Å²) in [6.07, 6.45) is 0.629. The highest BCUT2D eigenvalue weighted by Gasteiger charge is 2.28. The van der Waals surface area contributed by atoms with Crippen LogP contribution in [0.1, 0.15) is 27.2 Å². The Morgan fingerprint density at radius 1 is 1.18 bits per heavy atom. The lowest BCUT2D eigenvalue weighted by Crippen LogP contribution is -2.36. The summed E-state index contributed by atoms with van der Waals surface area (Å²) in [5.74, 6) is -0.889. The van der Waals surface area contributed by atoms with Gasteiger partial charge >= 0.3 is 5.97 Å². The number of rotatable bonds is 3. The maximum atomic E-state index is 13.2. The monoisotopic (exact) mass is 504 g/mol. The van der Waals surface area contributed by atoms with Gasteiger partial charge in [-0.2, -0.15) is 0 Å². The molecule has 28 heavy (non-hydrogen) atoms. The van der Waals surface area contributed by atoms with Gasteiger partial charge in [-0.1, -0.05) is 28.1 Å². The summed E-state index contributed by atoms with van der Waals surface area (Å²) >= 11 is 7.04. The van der Waals surface area contributed by atoms with Crippen LogP contribution in [0.5, 0.6) is 0 Å². The molecule has 1 aliphatic heterocycles. The van der Waals surface area contributed by atoms with E-state index in [1.54, 1.807) is 0 Å². The smallest absolute Gasteiger partial charge is 0.323 e. The average Bonchev–Trinajstić information content (AvgIpc) is 2.95. The first-order valence-corrected chi connectivity index (χ1v) is 10.5. The number of carboxylic acid groups (broad SMARTS) is 1. The molecule has 0 unspecified atom stereocenters. The fourth-order valence-electron chi connectivity index (χ4n) is 3.89. The van der Waals surface area contributed by atoms with Crippen molar-refractivity contribution >= 4 is 54.6 Å². The van der Waals surface area contributed by atoms with E-state index in [4.69, 9.17) is 0 Å². The minimum atomic E-state index is -0.871. The number of carboxylic acids is 1. The Kier molecular flexibility index (Phi) is 5.05. The van der Waals surface area contributed by atoms with E-state index < -0.39 is 5.97 Å². The summed E-state index contributed by atoms with van der Waals surface area (Å²) in [6.45, 7) is 2.91. The maximum Gasteiger partial charge on any atom is 0.323 e. The molecule has 1 aliphatic rings. The molecule has 5 nitrogen and oxygen atoms in total. The van der Waals surface area contributed by atoms with Crippen LogP contribution in [0, 0.1) is 6.92 Å². The number of amides is 1. The minimum absolute atomic E-state index is 0.0182. The van der Waals surface area contributed by atoms with E-state index >= 15 is 0 Å². The molecule has 7 heteroatoms. The van der Waals surface area contributed by atoms with E-state index in [0.29, 0.717) is 25.1 Å². The quantitative estimate of drug-likeness (QED) is 0.558. The molecule has 0 aliphatic carbocycles. The molecule has 144 valence electrons. The predicted molar refractivity (Wildman–Crippen MR) is 115 cm³/mol. The molecule has 1 N–H and O–H groups in total. The lowest BCUT2D eigenvalue weighted by Gasteiger charge is -2.29. The van der Waals surface area contributed by atoms with E-state index in [2.05, 4.69) is 31.9 Å². The van der Waals surface area contributed by atoms with Crippen molar-refractivity contribution in [1.29, 1.82) is 0 Å². The highest BCUT2D eigenvalue weighted by Crippen LogP contribution is 2.34. The van der Waals surface area contributed by atoms with Crippen LogP contribution >= 0.6 is 31.9 Å². The summed E-state index contributed by atoms with van der Waals surface area (Å²) in [6, 6.07) is 11.5. The van der Waals surface area contributed by atoms with Gasteiger partial charge < -0.3 is 14.6 Å². The van der Waals surface area contributed by atoms with Gasteiger partial charge in [0.15, 0.2) is 0 Å². The number of aliphatic carboxylic acids is 1. The first-order valence-electron chi connectivity index (χ1n) is 8.92. The topological polar surface area (TPSA) is 62.5 Å². The molecule has 1 amide bonds. The number of fused-ring (bicyclic) bond motifs is 3. The predicted octanol–water partition coefficient (Wildman–Crippen LogP) is 4.76. The number of carbonyl (C=O) groups is 2. The molecular weight excluding hydrogens is 488 g/mol. The van der Waals surface area contributed by atoms with Crippen molar-refractivity contribution in [3.8, 4) is 0 Å². The molecular formula is C21H18Br2N2O3. The van der Waals surface area contributed by atoms with Gasteiger partial charge in [0.25, 0.3) is 5.91 Å². The molecule has 4 rings (SSSR count). The second-order valence-corrected chi connectivity index (χ2v) is 8.69. The Bertz CT molecular complexity index is 1120. The first kappa shape index (κ1) is 19.2. The summed E-state index contributed by atoms with van der Waals surface area (Å²) in [5, 5.41) is 10.3. The zero-order valence-electron chi connectivity index (χ0n) is 15.2. The number of benzene rings is 2. The fraction of sp³-hybridized carbons (Fsp3) is 0.238. The Morgan fingerprint density at radius 2 is 1.96 bits per heavy atom. The Hall–Kier alpha value is -2.12. The number of aryl methyl sites for hydroxylation is 1. The van der Waals surface area contributed by atoms with Crippen molar-refractivity contribution in [1.82, 2.24) is 9.47 Å². The largest absolute Gasteiger partial charge is 0.480 e. The van der Waals surface area contributed by atoms with Crippen LogP contribution < -0.4 is 0 Å². The lowest BCUT2D eigenvalue weighted by atomic mass is 10.0. The molecule has 2 aromatic carbocycles. The van der Waals surface area contributed by atoms with Gasteiger partial charge in [0.2, 0.25) is 0 Å². The van der Waals surface area contributed by atoms with Gasteiger partial charge in [-0.3, -0.25) is 9.59 Å². The van der Waals surface area contributed by atoms with Crippen molar-refractivity contribution in [2.45, 2.75) is 26.4 Å². The highest BCUT2D eigenvalue weighted by molar-refractivity contribution is 9.10. The van der Waals surface area contributed by atoms with Gasteiger partial charge in [0.05, 0.1) is 5.56 Å². The van der Waals surface area contributed by atoms with Crippen LogP contribution in [0.4, 0.5) is 0 Å². The normalized spacial score (nSPS) is 13.6. The standard InChI is InChI=1S/C21H18Br2N2O3/c1-12-3-2-4-14(20(12)23)21(28)24-8-7-18-16(10-24)15-9-13(22)5-6-17(15)25(18)11-19(26)27/h2-6,9H,7-8,10-11H2,1H3,(H,26,27).